The molecule has 0 spiro atoms. The maximum atomic E-state index is 9.35. The standard InChI is InChI=1S/C17H25N3O/c1-4-17(15-6-8-16(21)9-7-15)18-10-5-11-20-14(3)12-13(2)19-20/h6-9,12,17-18,21H,4-5,10-11H2,1-3H3. The largest absolute Gasteiger partial charge is 0.508 e. The van der Waals surface area contributed by atoms with Crippen molar-refractivity contribution < 1.29 is 5.11 Å². The van der Waals surface area contributed by atoms with Crippen molar-refractivity contribution >= 4 is 0 Å². The van der Waals surface area contributed by atoms with Crippen LogP contribution in [0, 0.1) is 13.8 Å². The van der Waals surface area contributed by atoms with Crippen molar-refractivity contribution in [3.05, 3.63) is 47.3 Å². The summed E-state index contributed by atoms with van der Waals surface area (Å²) in [5.74, 6) is 0.318. The monoisotopic (exact) mass is 287 g/mol. The molecule has 1 atom stereocenters. The lowest BCUT2D eigenvalue weighted by molar-refractivity contribution is 0.467. The third-order valence-electron chi connectivity index (χ3n) is 3.74. The second-order valence-electron chi connectivity index (χ2n) is 5.51. The molecule has 0 aliphatic carbocycles. The van der Waals surface area contributed by atoms with Crippen molar-refractivity contribution in [2.75, 3.05) is 6.54 Å². The van der Waals surface area contributed by atoms with Crippen LogP contribution in [0.3, 0.4) is 0 Å². The molecule has 1 aromatic carbocycles. The molecule has 0 saturated carbocycles. The topological polar surface area (TPSA) is 50.1 Å². The molecule has 21 heavy (non-hydrogen) atoms. The van der Waals surface area contributed by atoms with Gasteiger partial charge in [0.2, 0.25) is 0 Å². The van der Waals surface area contributed by atoms with Crippen molar-refractivity contribution in [2.45, 2.75) is 46.2 Å². The summed E-state index contributed by atoms with van der Waals surface area (Å²) in [6, 6.07) is 9.91. The summed E-state index contributed by atoms with van der Waals surface area (Å²) >= 11 is 0. The number of nitrogens with one attached hydrogen (secondary N) is 1. The zero-order valence-corrected chi connectivity index (χ0v) is 13.1. The van der Waals surface area contributed by atoms with Crippen molar-refractivity contribution in [3.63, 3.8) is 0 Å². The van der Waals surface area contributed by atoms with Gasteiger partial charge >= 0.3 is 0 Å². The lowest BCUT2D eigenvalue weighted by atomic mass is 10.0. The Morgan fingerprint density at radius 2 is 1.95 bits per heavy atom. The first-order valence-electron chi connectivity index (χ1n) is 7.63. The first-order valence-corrected chi connectivity index (χ1v) is 7.63. The van der Waals surface area contributed by atoms with Gasteiger partial charge in [-0.1, -0.05) is 19.1 Å². The zero-order chi connectivity index (χ0) is 15.2. The van der Waals surface area contributed by atoms with Gasteiger partial charge in [-0.25, -0.2) is 0 Å². The van der Waals surface area contributed by atoms with Gasteiger partial charge in [0.05, 0.1) is 5.69 Å². The lowest BCUT2D eigenvalue weighted by Gasteiger charge is -2.17. The summed E-state index contributed by atoms with van der Waals surface area (Å²) in [5, 5.41) is 17.4. The van der Waals surface area contributed by atoms with Crippen LogP contribution in [0.25, 0.3) is 0 Å². The Hall–Kier alpha value is -1.81. The molecule has 0 saturated heterocycles. The Kier molecular flexibility index (Phi) is 5.39. The van der Waals surface area contributed by atoms with Gasteiger partial charge in [0, 0.05) is 18.3 Å². The van der Waals surface area contributed by atoms with E-state index >= 15 is 0 Å². The summed E-state index contributed by atoms with van der Waals surface area (Å²) in [6.07, 6.45) is 2.08. The van der Waals surface area contributed by atoms with E-state index in [2.05, 4.69) is 35.0 Å². The molecule has 0 aliphatic heterocycles. The van der Waals surface area contributed by atoms with Crippen LogP contribution in [0.4, 0.5) is 0 Å². The Morgan fingerprint density at radius 1 is 1.24 bits per heavy atom. The Bertz CT molecular complexity index is 560. The SMILES string of the molecule is CCC(NCCCn1nc(C)cc1C)c1ccc(O)cc1. The molecule has 0 aliphatic rings. The molecule has 1 aromatic heterocycles. The number of aromatic nitrogens is 2. The second-order valence-corrected chi connectivity index (χ2v) is 5.51. The number of nitrogens with zero attached hydrogens (tertiary/aromatic N) is 2. The summed E-state index contributed by atoms with van der Waals surface area (Å²) < 4.78 is 2.07. The highest BCUT2D eigenvalue weighted by atomic mass is 16.3. The number of benzene rings is 1. The molecule has 114 valence electrons. The smallest absolute Gasteiger partial charge is 0.115 e. The molecule has 4 nitrogen and oxygen atoms in total. The fourth-order valence-corrected chi connectivity index (χ4v) is 2.61. The number of hydrogen-bond acceptors (Lipinski definition) is 3. The average Bonchev–Trinajstić information content (AvgIpc) is 2.78. The van der Waals surface area contributed by atoms with Gasteiger partial charge in [-0.2, -0.15) is 5.10 Å². The van der Waals surface area contributed by atoms with Crippen molar-refractivity contribution in [3.8, 4) is 5.75 Å². The van der Waals surface area contributed by atoms with E-state index in [9.17, 15) is 5.11 Å². The fourth-order valence-electron chi connectivity index (χ4n) is 2.61. The van der Waals surface area contributed by atoms with Crippen molar-refractivity contribution in [1.82, 2.24) is 15.1 Å². The highest BCUT2D eigenvalue weighted by molar-refractivity contribution is 5.27. The van der Waals surface area contributed by atoms with Gasteiger partial charge in [0.15, 0.2) is 0 Å². The highest BCUT2D eigenvalue weighted by Crippen LogP contribution is 2.19. The summed E-state index contributed by atoms with van der Waals surface area (Å²) in [6.45, 7) is 8.19. The molecule has 0 bridgehead atoms. The Balaban J connectivity index is 1.81. The average molecular weight is 287 g/mol. The van der Waals surface area contributed by atoms with Gasteiger partial charge in [-0.05, 0) is 57.0 Å². The van der Waals surface area contributed by atoms with E-state index in [0.717, 1.165) is 31.6 Å². The van der Waals surface area contributed by atoms with E-state index in [4.69, 9.17) is 0 Å². The third-order valence-corrected chi connectivity index (χ3v) is 3.74. The predicted octanol–water partition coefficient (Wildman–Crippen LogP) is 3.34. The van der Waals surface area contributed by atoms with E-state index in [-0.39, 0.29) is 0 Å². The zero-order valence-electron chi connectivity index (χ0n) is 13.1. The first-order chi connectivity index (χ1) is 10.1. The summed E-state index contributed by atoms with van der Waals surface area (Å²) in [7, 11) is 0. The summed E-state index contributed by atoms with van der Waals surface area (Å²) in [5.41, 5.74) is 3.52. The number of phenolic OH excluding ortho intramolecular Hbond substituents is 1. The molecular formula is C17H25N3O. The number of aromatic hydroxyl groups is 1. The van der Waals surface area contributed by atoms with Gasteiger partial charge in [0.1, 0.15) is 5.75 Å². The molecule has 2 rings (SSSR count). The minimum absolute atomic E-state index is 0.318. The minimum Gasteiger partial charge on any atom is -0.508 e. The lowest BCUT2D eigenvalue weighted by Crippen LogP contribution is -2.23. The van der Waals surface area contributed by atoms with Crippen LogP contribution in [-0.4, -0.2) is 21.4 Å². The number of hydrogen-bond donors (Lipinski definition) is 2. The molecule has 0 amide bonds. The van der Waals surface area contributed by atoms with Crippen LogP contribution in [0.15, 0.2) is 30.3 Å². The number of phenols is 1. The molecule has 2 aromatic rings. The van der Waals surface area contributed by atoms with Crippen LogP contribution in [0.1, 0.15) is 42.8 Å². The molecule has 0 radical (unpaired) electrons. The quantitative estimate of drug-likeness (QED) is 0.768. The third kappa shape index (κ3) is 4.33. The van der Waals surface area contributed by atoms with E-state index in [0.29, 0.717) is 11.8 Å². The fraction of sp³-hybridized carbons (Fsp3) is 0.471. The van der Waals surface area contributed by atoms with Crippen LogP contribution in [-0.2, 0) is 6.54 Å². The normalized spacial score (nSPS) is 12.5. The highest BCUT2D eigenvalue weighted by Gasteiger charge is 2.08. The van der Waals surface area contributed by atoms with E-state index in [1.807, 2.05) is 19.1 Å². The van der Waals surface area contributed by atoms with Gasteiger partial charge in [0.25, 0.3) is 0 Å². The van der Waals surface area contributed by atoms with Crippen LogP contribution in [0.5, 0.6) is 5.75 Å². The Labute approximate surface area is 126 Å². The second kappa shape index (κ2) is 7.27. The molecule has 2 N–H and O–H groups in total. The van der Waals surface area contributed by atoms with Crippen molar-refractivity contribution in [2.24, 2.45) is 0 Å². The molecule has 1 heterocycles. The Morgan fingerprint density at radius 3 is 2.52 bits per heavy atom. The molecule has 1 unspecified atom stereocenters. The van der Waals surface area contributed by atoms with Crippen LogP contribution >= 0.6 is 0 Å². The maximum absolute atomic E-state index is 9.35. The van der Waals surface area contributed by atoms with Gasteiger partial charge < -0.3 is 10.4 Å². The minimum atomic E-state index is 0.318. The van der Waals surface area contributed by atoms with E-state index < -0.39 is 0 Å². The maximum Gasteiger partial charge on any atom is 0.115 e. The molecule has 4 heteroatoms. The summed E-state index contributed by atoms with van der Waals surface area (Å²) in [4.78, 5) is 0. The van der Waals surface area contributed by atoms with Crippen LogP contribution in [0.2, 0.25) is 0 Å². The van der Waals surface area contributed by atoms with Gasteiger partial charge in [-0.3, -0.25) is 4.68 Å². The molecule has 0 fully saturated rings. The number of aryl methyl sites for hydroxylation is 3. The van der Waals surface area contributed by atoms with E-state index in [1.165, 1.54) is 11.3 Å². The van der Waals surface area contributed by atoms with Gasteiger partial charge in [-0.15, -0.1) is 0 Å². The van der Waals surface area contributed by atoms with E-state index in [1.54, 1.807) is 12.1 Å². The molecular weight excluding hydrogens is 262 g/mol. The van der Waals surface area contributed by atoms with Crippen molar-refractivity contribution in [1.29, 1.82) is 0 Å². The predicted molar refractivity (Wildman–Crippen MR) is 85.5 cm³/mol. The number of rotatable bonds is 7. The first kappa shape index (κ1) is 15.6. The van der Waals surface area contributed by atoms with Crippen LogP contribution < -0.4 is 5.32 Å².